The SMILES string of the molecule is CCCCC(CC)C(=O)Nc1ccccc1N. The fourth-order valence-electron chi connectivity index (χ4n) is 1.82. The molecule has 1 unspecified atom stereocenters. The first-order chi connectivity index (χ1) is 8.19. The van der Waals surface area contributed by atoms with Gasteiger partial charge in [-0.2, -0.15) is 0 Å². The molecular formula is C14H22N2O. The second-order valence-corrected chi connectivity index (χ2v) is 4.32. The van der Waals surface area contributed by atoms with E-state index in [0.29, 0.717) is 11.4 Å². The highest BCUT2D eigenvalue weighted by Gasteiger charge is 2.16. The zero-order valence-electron chi connectivity index (χ0n) is 10.7. The van der Waals surface area contributed by atoms with E-state index in [1.54, 1.807) is 6.07 Å². The van der Waals surface area contributed by atoms with Crippen LogP contribution in [0.5, 0.6) is 0 Å². The molecule has 0 fully saturated rings. The maximum atomic E-state index is 12.0. The fourth-order valence-corrected chi connectivity index (χ4v) is 1.82. The maximum absolute atomic E-state index is 12.0. The number of carbonyl (C=O) groups is 1. The van der Waals surface area contributed by atoms with Gasteiger partial charge in [-0.25, -0.2) is 0 Å². The minimum Gasteiger partial charge on any atom is -0.397 e. The molecule has 0 heterocycles. The van der Waals surface area contributed by atoms with Gasteiger partial charge in [0.2, 0.25) is 5.91 Å². The molecule has 1 aromatic carbocycles. The Morgan fingerprint density at radius 1 is 1.35 bits per heavy atom. The molecule has 0 bridgehead atoms. The molecule has 0 radical (unpaired) electrons. The van der Waals surface area contributed by atoms with E-state index >= 15 is 0 Å². The summed E-state index contributed by atoms with van der Waals surface area (Å²) in [5.41, 5.74) is 7.13. The highest BCUT2D eigenvalue weighted by molar-refractivity contribution is 5.95. The molecular weight excluding hydrogens is 212 g/mol. The van der Waals surface area contributed by atoms with E-state index in [1.807, 2.05) is 25.1 Å². The summed E-state index contributed by atoms with van der Waals surface area (Å²) in [5.74, 6) is 0.174. The number of anilines is 2. The molecule has 0 saturated carbocycles. The normalized spacial score (nSPS) is 12.1. The molecule has 3 heteroatoms. The lowest BCUT2D eigenvalue weighted by molar-refractivity contribution is -0.120. The van der Waals surface area contributed by atoms with Crippen molar-refractivity contribution < 1.29 is 4.79 Å². The highest BCUT2D eigenvalue weighted by Crippen LogP contribution is 2.20. The Hall–Kier alpha value is -1.51. The van der Waals surface area contributed by atoms with Gasteiger partial charge in [0.05, 0.1) is 11.4 Å². The molecule has 1 rings (SSSR count). The number of benzene rings is 1. The van der Waals surface area contributed by atoms with Gasteiger partial charge in [0, 0.05) is 5.92 Å². The van der Waals surface area contributed by atoms with E-state index in [0.717, 1.165) is 25.7 Å². The summed E-state index contributed by atoms with van der Waals surface area (Å²) >= 11 is 0. The summed E-state index contributed by atoms with van der Waals surface area (Å²) in [4.78, 5) is 12.0. The molecule has 0 aliphatic carbocycles. The van der Waals surface area contributed by atoms with Gasteiger partial charge >= 0.3 is 0 Å². The average molecular weight is 234 g/mol. The number of carbonyl (C=O) groups excluding carboxylic acids is 1. The minimum absolute atomic E-state index is 0.0823. The minimum atomic E-state index is 0.0823. The van der Waals surface area contributed by atoms with E-state index in [9.17, 15) is 4.79 Å². The molecule has 17 heavy (non-hydrogen) atoms. The summed E-state index contributed by atoms with van der Waals surface area (Å²) in [5, 5.41) is 2.91. The van der Waals surface area contributed by atoms with Crippen molar-refractivity contribution in [1.82, 2.24) is 0 Å². The molecule has 0 aliphatic rings. The third-order valence-electron chi connectivity index (χ3n) is 2.99. The number of nitrogens with one attached hydrogen (secondary N) is 1. The Morgan fingerprint density at radius 2 is 2.06 bits per heavy atom. The Labute approximate surface area is 103 Å². The third kappa shape index (κ3) is 4.10. The smallest absolute Gasteiger partial charge is 0.227 e. The zero-order valence-corrected chi connectivity index (χ0v) is 10.7. The van der Waals surface area contributed by atoms with E-state index in [-0.39, 0.29) is 11.8 Å². The average Bonchev–Trinajstić information content (AvgIpc) is 2.33. The summed E-state index contributed by atoms with van der Waals surface area (Å²) in [7, 11) is 0. The largest absolute Gasteiger partial charge is 0.397 e. The molecule has 0 spiro atoms. The number of nitrogen functional groups attached to an aromatic ring is 1. The summed E-state index contributed by atoms with van der Waals surface area (Å²) in [6.45, 7) is 4.19. The fraction of sp³-hybridized carbons (Fsp3) is 0.500. The van der Waals surface area contributed by atoms with Gasteiger partial charge in [0.25, 0.3) is 0 Å². The van der Waals surface area contributed by atoms with Crippen molar-refractivity contribution in [2.45, 2.75) is 39.5 Å². The molecule has 0 aliphatic heterocycles. The van der Waals surface area contributed by atoms with Crippen LogP contribution < -0.4 is 11.1 Å². The van der Waals surface area contributed by atoms with E-state index in [1.165, 1.54) is 0 Å². The molecule has 1 amide bonds. The van der Waals surface area contributed by atoms with Gasteiger partial charge in [-0.1, -0.05) is 38.8 Å². The number of nitrogens with two attached hydrogens (primary N) is 1. The second-order valence-electron chi connectivity index (χ2n) is 4.32. The van der Waals surface area contributed by atoms with Gasteiger partial charge < -0.3 is 11.1 Å². The molecule has 3 nitrogen and oxygen atoms in total. The van der Waals surface area contributed by atoms with Gasteiger partial charge in [-0.3, -0.25) is 4.79 Å². The number of unbranched alkanes of at least 4 members (excludes halogenated alkanes) is 1. The van der Waals surface area contributed by atoms with Gasteiger partial charge in [0.1, 0.15) is 0 Å². The lowest BCUT2D eigenvalue weighted by atomic mass is 9.98. The van der Waals surface area contributed by atoms with Crippen molar-refractivity contribution in [3.8, 4) is 0 Å². The van der Waals surface area contributed by atoms with E-state index < -0.39 is 0 Å². The van der Waals surface area contributed by atoms with Gasteiger partial charge in [-0.15, -0.1) is 0 Å². The lowest BCUT2D eigenvalue weighted by Gasteiger charge is -2.15. The van der Waals surface area contributed by atoms with Crippen LogP contribution in [-0.2, 0) is 4.79 Å². The Morgan fingerprint density at radius 3 is 2.65 bits per heavy atom. The first kappa shape index (κ1) is 13.6. The van der Waals surface area contributed by atoms with Crippen molar-refractivity contribution in [3.05, 3.63) is 24.3 Å². The second kappa shape index (κ2) is 6.94. The summed E-state index contributed by atoms with van der Waals surface area (Å²) in [6, 6.07) is 7.36. The highest BCUT2D eigenvalue weighted by atomic mass is 16.1. The van der Waals surface area contributed by atoms with Gasteiger partial charge in [-0.05, 0) is 25.0 Å². The predicted octanol–water partition coefficient (Wildman–Crippen LogP) is 3.42. The number of hydrogen-bond donors (Lipinski definition) is 2. The number of hydrogen-bond acceptors (Lipinski definition) is 2. The summed E-state index contributed by atoms with van der Waals surface area (Å²) < 4.78 is 0. The molecule has 1 atom stereocenters. The van der Waals surface area contributed by atoms with Crippen LogP contribution in [0.25, 0.3) is 0 Å². The van der Waals surface area contributed by atoms with Crippen LogP contribution in [0.1, 0.15) is 39.5 Å². The standard InChI is InChI=1S/C14H22N2O/c1-3-5-8-11(4-2)14(17)16-13-10-7-6-9-12(13)15/h6-7,9-11H,3-5,8,15H2,1-2H3,(H,16,17). The predicted molar refractivity (Wildman–Crippen MR) is 72.8 cm³/mol. The molecule has 3 N–H and O–H groups in total. The zero-order chi connectivity index (χ0) is 12.7. The molecule has 1 aromatic rings. The van der Waals surface area contributed by atoms with Crippen molar-refractivity contribution >= 4 is 17.3 Å². The first-order valence-electron chi connectivity index (χ1n) is 6.34. The Balaban J connectivity index is 2.61. The van der Waals surface area contributed by atoms with Crippen molar-refractivity contribution in [2.75, 3.05) is 11.1 Å². The van der Waals surface area contributed by atoms with Crippen LogP contribution in [0.3, 0.4) is 0 Å². The summed E-state index contributed by atoms with van der Waals surface area (Å²) in [6.07, 6.45) is 4.04. The molecule has 0 saturated heterocycles. The first-order valence-corrected chi connectivity index (χ1v) is 6.34. The van der Waals surface area contributed by atoms with Crippen LogP contribution in [0.2, 0.25) is 0 Å². The number of rotatable bonds is 6. The van der Waals surface area contributed by atoms with Crippen molar-refractivity contribution in [3.63, 3.8) is 0 Å². The van der Waals surface area contributed by atoms with E-state index in [4.69, 9.17) is 5.73 Å². The number of amides is 1. The van der Waals surface area contributed by atoms with Crippen molar-refractivity contribution in [1.29, 1.82) is 0 Å². The Kier molecular flexibility index (Phi) is 5.53. The number of para-hydroxylation sites is 2. The Bertz CT molecular complexity index is 363. The van der Waals surface area contributed by atoms with Gasteiger partial charge in [0.15, 0.2) is 0 Å². The van der Waals surface area contributed by atoms with Crippen LogP contribution in [0, 0.1) is 5.92 Å². The van der Waals surface area contributed by atoms with Crippen LogP contribution >= 0.6 is 0 Å². The van der Waals surface area contributed by atoms with Crippen LogP contribution in [0.4, 0.5) is 11.4 Å². The molecule has 94 valence electrons. The van der Waals surface area contributed by atoms with Crippen LogP contribution in [0.15, 0.2) is 24.3 Å². The van der Waals surface area contributed by atoms with Crippen LogP contribution in [-0.4, -0.2) is 5.91 Å². The maximum Gasteiger partial charge on any atom is 0.227 e. The topological polar surface area (TPSA) is 55.1 Å². The van der Waals surface area contributed by atoms with E-state index in [2.05, 4.69) is 12.2 Å². The molecule has 0 aromatic heterocycles. The monoisotopic (exact) mass is 234 g/mol. The third-order valence-corrected chi connectivity index (χ3v) is 2.99. The quantitative estimate of drug-likeness (QED) is 0.741. The lowest BCUT2D eigenvalue weighted by Crippen LogP contribution is -2.22. The van der Waals surface area contributed by atoms with Crippen molar-refractivity contribution in [2.24, 2.45) is 5.92 Å².